The fourth-order valence-electron chi connectivity index (χ4n) is 6.12. The maximum atomic E-state index is 14.8. The Bertz CT molecular complexity index is 1470. The predicted molar refractivity (Wildman–Crippen MR) is 172 cm³/mol. The van der Waals surface area contributed by atoms with Crippen molar-refractivity contribution >= 4 is 23.5 Å². The van der Waals surface area contributed by atoms with Crippen LogP contribution in [-0.2, 0) is 16.5 Å². The fourth-order valence-corrected chi connectivity index (χ4v) is 6.24. The molecule has 42 heavy (non-hydrogen) atoms. The van der Waals surface area contributed by atoms with Gasteiger partial charge in [0.1, 0.15) is 22.7 Å². The Morgan fingerprint density at radius 2 is 1.60 bits per heavy atom. The Morgan fingerprint density at radius 3 is 2.19 bits per heavy atom. The number of rotatable bonds is 5. The zero-order valence-electron chi connectivity index (χ0n) is 25.9. The Balaban J connectivity index is 1.80. The van der Waals surface area contributed by atoms with Gasteiger partial charge in [-0.1, -0.05) is 80.4 Å². The molecule has 0 aromatic heterocycles. The van der Waals surface area contributed by atoms with Crippen molar-refractivity contribution in [3.05, 3.63) is 99.6 Å². The molecule has 222 valence electrons. The highest BCUT2D eigenvalue weighted by molar-refractivity contribution is 6.30. The second kappa shape index (κ2) is 11.4. The van der Waals surface area contributed by atoms with Crippen LogP contribution in [0.3, 0.4) is 0 Å². The smallest absolute Gasteiger partial charge is 0.326 e. The molecule has 1 N–H and O–H groups in total. The molecule has 2 heterocycles. The van der Waals surface area contributed by atoms with Crippen molar-refractivity contribution in [2.24, 2.45) is 4.99 Å². The summed E-state index contributed by atoms with van der Waals surface area (Å²) in [7, 11) is 0. The molecule has 0 spiro atoms. The van der Waals surface area contributed by atoms with Crippen LogP contribution in [-0.4, -0.2) is 54.5 Å². The fraction of sp³-hybridized carbons (Fsp3) is 0.429. The van der Waals surface area contributed by atoms with Gasteiger partial charge in [0.25, 0.3) is 0 Å². The van der Waals surface area contributed by atoms with Crippen LogP contribution in [0.2, 0.25) is 5.02 Å². The van der Waals surface area contributed by atoms with Crippen LogP contribution in [0.15, 0.2) is 71.7 Å². The maximum Gasteiger partial charge on any atom is 0.326 e. The lowest BCUT2D eigenvalue weighted by molar-refractivity contribution is 0.104. The summed E-state index contributed by atoms with van der Waals surface area (Å²) < 4.78 is 6.28. The first kappa shape index (κ1) is 30.1. The number of aliphatic imine (C=N–C) groups is 1. The largest absolute Gasteiger partial charge is 0.493 e. The molecule has 0 bridgehead atoms. The minimum Gasteiger partial charge on any atom is -0.493 e. The van der Waals surface area contributed by atoms with E-state index in [0.717, 1.165) is 41.1 Å². The summed E-state index contributed by atoms with van der Waals surface area (Å²) in [5, 5.41) is 4.03. The molecule has 2 amide bonds. The average molecular weight is 587 g/mol. The van der Waals surface area contributed by atoms with Crippen LogP contribution in [0.1, 0.15) is 69.4 Å². The number of carbonyl (C=O) groups excluding carboxylic acids is 1. The number of hydrogen-bond donors (Lipinski definition) is 1. The van der Waals surface area contributed by atoms with E-state index in [4.69, 9.17) is 21.3 Å². The summed E-state index contributed by atoms with van der Waals surface area (Å²) in [6.45, 7) is 18.2. The Morgan fingerprint density at radius 1 is 0.976 bits per heavy atom. The molecular formula is C35H43ClN4O2. The van der Waals surface area contributed by atoms with Gasteiger partial charge >= 0.3 is 6.03 Å². The van der Waals surface area contributed by atoms with Crippen molar-refractivity contribution in [3.8, 4) is 5.75 Å². The number of benzene rings is 3. The molecule has 6 nitrogen and oxygen atoms in total. The second-order valence-electron chi connectivity index (χ2n) is 12.7. The van der Waals surface area contributed by atoms with Crippen LogP contribution in [0.25, 0.3) is 0 Å². The zero-order valence-corrected chi connectivity index (χ0v) is 26.7. The molecule has 3 aromatic rings. The Labute approximate surface area is 255 Å². The van der Waals surface area contributed by atoms with E-state index < -0.39 is 11.1 Å². The summed E-state index contributed by atoms with van der Waals surface area (Å²) in [5.41, 5.74) is 3.37. The van der Waals surface area contributed by atoms with E-state index in [-0.39, 0.29) is 11.4 Å². The normalized spacial score (nSPS) is 22.7. The van der Waals surface area contributed by atoms with Gasteiger partial charge in [-0.25, -0.2) is 4.79 Å². The van der Waals surface area contributed by atoms with Gasteiger partial charge in [-0.3, -0.25) is 9.89 Å². The third-order valence-electron chi connectivity index (χ3n) is 8.92. The minimum absolute atomic E-state index is 0.0631. The SMILES string of the molecule is CCOc1cc(C(C)(C)C)ccc1C1=N[C@@](C)(c2ccc(C)cc2)[C@@](C)(c2ccc(Cl)cc2)N1C(=O)N1CCNCC1. The van der Waals surface area contributed by atoms with Crippen molar-refractivity contribution in [2.75, 3.05) is 32.8 Å². The van der Waals surface area contributed by atoms with E-state index >= 15 is 0 Å². The molecule has 0 radical (unpaired) electrons. The van der Waals surface area contributed by atoms with Crippen molar-refractivity contribution in [1.29, 1.82) is 0 Å². The molecule has 3 aromatic carbocycles. The molecule has 1 fully saturated rings. The quantitative estimate of drug-likeness (QED) is 0.342. The van der Waals surface area contributed by atoms with E-state index in [9.17, 15) is 4.79 Å². The molecule has 0 saturated carbocycles. The van der Waals surface area contributed by atoms with Gasteiger partial charge in [-0.2, -0.15) is 0 Å². The van der Waals surface area contributed by atoms with E-state index in [1.165, 1.54) is 5.56 Å². The first-order valence-corrected chi connectivity index (χ1v) is 15.3. The highest BCUT2D eigenvalue weighted by Crippen LogP contribution is 2.54. The molecule has 7 heteroatoms. The van der Waals surface area contributed by atoms with E-state index in [2.05, 4.69) is 89.3 Å². The summed E-state index contributed by atoms with van der Waals surface area (Å²) in [6, 6.07) is 22.6. The van der Waals surface area contributed by atoms with Crippen molar-refractivity contribution in [2.45, 2.75) is 65.0 Å². The predicted octanol–water partition coefficient (Wildman–Crippen LogP) is 7.26. The van der Waals surface area contributed by atoms with Gasteiger partial charge in [0.2, 0.25) is 0 Å². The third-order valence-corrected chi connectivity index (χ3v) is 9.18. The molecule has 5 rings (SSSR count). The van der Waals surface area contributed by atoms with Gasteiger partial charge in [0, 0.05) is 31.2 Å². The van der Waals surface area contributed by atoms with Crippen LogP contribution >= 0.6 is 11.6 Å². The molecule has 1 saturated heterocycles. The highest BCUT2D eigenvalue weighted by Gasteiger charge is 2.60. The topological polar surface area (TPSA) is 57.2 Å². The second-order valence-corrected chi connectivity index (χ2v) is 13.1. The van der Waals surface area contributed by atoms with Crippen molar-refractivity contribution in [1.82, 2.24) is 15.1 Å². The monoisotopic (exact) mass is 586 g/mol. The summed E-state index contributed by atoms with van der Waals surface area (Å²) in [4.78, 5) is 24.2. The van der Waals surface area contributed by atoms with Crippen LogP contribution in [0.4, 0.5) is 4.79 Å². The Hall–Kier alpha value is -3.35. The van der Waals surface area contributed by atoms with Gasteiger partial charge in [-0.05, 0) is 74.1 Å². The highest BCUT2D eigenvalue weighted by atomic mass is 35.5. The van der Waals surface area contributed by atoms with Crippen molar-refractivity contribution in [3.63, 3.8) is 0 Å². The maximum absolute atomic E-state index is 14.8. The number of ether oxygens (including phenoxy) is 1. The zero-order chi connectivity index (χ0) is 30.3. The average Bonchev–Trinajstić information content (AvgIpc) is 3.21. The number of carbonyl (C=O) groups is 1. The standard InChI is InChI=1S/C35H43ClN4O2/c1-8-42-30-23-27(33(3,4)5)15-18-29(30)31-38-34(6,25-11-9-24(2)10-12-25)35(7,26-13-16-28(36)17-14-26)40(31)32(41)39-21-19-37-20-22-39/h9-18,23,37H,8,19-22H2,1-7H3/t34-,35+/m0/s1. The van der Waals surface area contributed by atoms with Crippen LogP contribution < -0.4 is 10.1 Å². The Kier molecular flexibility index (Phi) is 8.16. The van der Waals surface area contributed by atoms with Crippen LogP contribution in [0.5, 0.6) is 5.75 Å². The van der Waals surface area contributed by atoms with E-state index in [1.54, 1.807) is 0 Å². The number of amidine groups is 1. The number of nitrogens with one attached hydrogen (secondary N) is 1. The van der Waals surface area contributed by atoms with Gasteiger partial charge < -0.3 is 15.0 Å². The number of aryl methyl sites for hydroxylation is 1. The first-order chi connectivity index (χ1) is 19.9. The molecule has 0 unspecified atom stereocenters. The van der Waals surface area contributed by atoms with Crippen LogP contribution in [0, 0.1) is 6.92 Å². The number of hydrogen-bond acceptors (Lipinski definition) is 4. The van der Waals surface area contributed by atoms with Gasteiger partial charge in [0.15, 0.2) is 0 Å². The lowest BCUT2D eigenvalue weighted by Gasteiger charge is -2.47. The van der Waals surface area contributed by atoms with E-state index in [0.29, 0.717) is 30.6 Å². The molecule has 2 atom stereocenters. The summed E-state index contributed by atoms with van der Waals surface area (Å²) in [5.74, 6) is 1.34. The molecular weight excluding hydrogens is 544 g/mol. The molecule has 2 aliphatic rings. The molecule has 2 aliphatic heterocycles. The summed E-state index contributed by atoms with van der Waals surface area (Å²) >= 11 is 6.38. The molecule has 0 aliphatic carbocycles. The number of nitrogens with zero attached hydrogens (tertiary/aromatic N) is 3. The lowest BCUT2D eigenvalue weighted by Crippen LogP contribution is -2.60. The van der Waals surface area contributed by atoms with Crippen molar-refractivity contribution < 1.29 is 9.53 Å². The van der Waals surface area contributed by atoms with E-state index in [1.807, 2.05) is 41.0 Å². The number of urea groups is 1. The minimum atomic E-state index is -0.879. The lowest BCUT2D eigenvalue weighted by atomic mass is 9.70. The number of amides is 2. The number of halogens is 1. The van der Waals surface area contributed by atoms with Gasteiger partial charge in [-0.15, -0.1) is 0 Å². The third kappa shape index (κ3) is 5.20. The summed E-state index contributed by atoms with van der Waals surface area (Å²) in [6.07, 6.45) is 0. The first-order valence-electron chi connectivity index (χ1n) is 14.9. The van der Waals surface area contributed by atoms with Gasteiger partial charge in [0.05, 0.1) is 12.2 Å². The number of piperazine rings is 1.